The lowest BCUT2D eigenvalue weighted by molar-refractivity contribution is 0.0950. The normalized spacial score (nSPS) is 11.0. The summed E-state index contributed by atoms with van der Waals surface area (Å²) in [6.45, 7) is 6.21. The van der Waals surface area contributed by atoms with Crippen LogP contribution in [0.2, 0.25) is 0 Å². The van der Waals surface area contributed by atoms with Crippen LogP contribution in [-0.2, 0) is 13.1 Å². The summed E-state index contributed by atoms with van der Waals surface area (Å²) in [7, 11) is 4.08. The molecule has 134 valence electrons. The predicted octanol–water partition coefficient (Wildman–Crippen LogP) is 3.71. The molecular formula is C21H28N2O2. The van der Waals surface area contributed by atoms with Crippen LogP contribution >= 0.6 is 0 Å². The highest BCUT2D eigenvalue weighted by atomic mass is 16.5. The maximum absolute atomic E-state index is 12.5. The molecular weight excluding hydrogens is 312 g/mol. The second kappa shape index (κ2) is 9.23. The largest absolute Gasteiger partial charge is 0.493 e. The van der Waals surface area contributed by atoms with Gasteiger partial charge in [-0.15, -0.1) is 0 Å². The van der Waals surface area contributed by atoms with Gasteiger partial charge >= 0.3 is 0 Å². The van der Waals surface area contributed by atoms with Crippen LogP contribution < -0.4 is 10.1 Å². The van der Waals surface area contributed by atoms with Crippen LogP contribution in [0.3, 0.4) is 0 Å². The molecule has 0 saturated heterocycles. The lowest BCUT2D eigenvalue weighted by atomic mass is 10.1. The van der Waals surface area contributed by atoms with Crippen LogP contribution in [-0.4, -0.2) is 31.5 Å². The van der Waals surface area contributed by atoms with Crippen LogP contribution in [0.1, 0.15) is 35.3 Å². The molecule has 0 bridgehead atoms. The molecule has 0 aliphatic rings. The summed E-state index contributed by atoms with van der Waals surface area (Å²) in [6, 6.07) is 15.5. The van der Waals surface area contributed by atoms with E-state index in [2.05, 4.69) is 36.2 Å². The Hall–Kier alpha value is -2.33. The van der Waals surface area contributed by atoms with Crippen molar-refractivity contribution in [3.8, 4) is 5.75 Å². The number of carbonyl (C=O) groups excluding carboxylic acids is 1. The van der Waals surface area contributed by atoms with E-state index in [1.807, 2.05) is 44.4 Å². The molecule has 2 aromatic rings. The van der Waals surface area contributed by atoms with E-state index < -0.39 is 0 Å². The Balaban J connectivity index is 2.00. The highest BCUT2D eigenvalue weighted by Crippen LogP contribution is 2.15. The van der Waals surface area contributed by atoms with Gasteiger partial charge in [-0.1, -0.05) is 44.2 Å². The summed E-state index contributed by atoms with van der Waals surface area (Å²) >= 11 is 0. The first-order valence-electron chi connectivity index (χ1n) is 8.68. The lowest BCUT2D eigenvalue weighted by Gasteiger charge is -2.15. The van der Waals surface area contributed by atoms with Gasteiger partial charge in [0.05, 0.1) is 6.61 Å². The molecule has 0 spiro atoms. The van der Waals surface area contributed by atoms with E-state index in [-0.39, 0.29) is 5.91 Å². The number of hydrogen-bond acceptors (Lipinski definition) is 3. The van der Waals surface area contributed by atoms with E-state index in [1.165, 1.54) is 5.56 Å². The molecule has 1 N–H and O–H groups in total. The molecule has 0 radical (unpaired) electrons. The molecule has 1 amide bonds. The van der Waals surface area contributed by atoms with Crippen molar-refractivity contribution in [1.82, 2.24) is 10.2 Å². The Bertz CT molecular complexity index is 696. The van der Waals surface area contributed by atoms with Crippen molar-refractivity contribution < 1.29 is 9.53 Å². The quantitative estimate of drug-likeness (QED) is 0.796. The minimum absolute atomic E-state index is 0.0883. The zero-order chi connectivity index (χ0) is 18.2. The average Bonchev–Trinajstić information content (AvgIpc) is 2.58. The zero-order valence-electron chi connectivity index (χ0n) is 15.6. The van der Waals surface area contributed by atoms with Gasteiger partial charge in [0.25, 0.3) is 5.91 Å². The molecule has 4 nitrogen and oxygen atoms in total. The molecule has 0 atom stereocenters. The van der Waals surface area contributed by atoms with E-state index in [4.69, 9.17) is 4.74 Å². The fourth-order valence-electron chi connectivity index (χ4n) is 2.49. The van der Waals surface area contributed by atoms with Gasteiger partial charge in [-0.25, -0.2) is 0 Å². The third-order valence-corrected chi connectivity index (χ3v) is 3.72. The molecule has 0 unspecified atom stereocenters. The summed E-state index contributed by atoms with van der Waals surface area (Å²) < 4.78 is 5.70. The molecule has 0 heterocycles. The van der Waals surface area contributed by atoms with Gasteiger partial charge in [-0.05, 0) is 49.3 Å². The summed E-state index contributed by atoms with van der Waals surface area (Å²) in [4.78, 5) is 14.6. The molecule has 0 aliphatic heterocycles. The van der Waals surface area contributed by atoms with E-state index in [9.17, 15) is 4.79 Å². The number of benzene rings is 2. The first kappa shape index (κ1) is 19.0. The lowest BCUT2D eigenvalue weighted by Crippen LogP contribution is -2.24. The molecule has 25 heavy (non-hydrogen) atoms. The number of nitrogens with zero attached hydrogens (tertiary/aromatic N) is 1. The smallest absolute Gasteiger partial charge is 0.251 e. The van der Waals surface area contributed by atoms with E-state index in [0.29, 0.717) is 24.6 Å². The highest BCUT2D eigenvalue weighted by Gasteiger charge is 2.09. The van der Waals surface area contributed by atoms with Crippen molar-refractivity contribution in [1.29, 1.82) is 0 Å². The van der Waals surface area contributed by atoms with Gasteiger partial charge in [0.1, 0.15) is 5.75 Å². The van der Waals surface area contributed by atoms with Gasteiger partial charge in [0.15, 0.2) is 0 Å². The zero-order valence-corrected chi connectivity index (χ0v) is 15.6. The van der Waals surface area contributed by atoms with Crippen molar-refractivity contribution in [3.63, 3.8) is 0 Å². The summed E-state index contributed by atoms with van der Waals surface area (Å²) in [5, 5.41) is 3.01. The van der Waals surface area contributed by atoms with Crippen LogP contribution in [0, 0.1) is 5.92 Å². The molecule has 2 rings (SSSR count). The summed E-state index contributed by atoms with van der Waals surface area (Å²) in [5.74, 6) is 1.09. The molecule has 2 aromatic carbocycles. The summed E-state index contributed by atoms with van der Waals surface area (Å²) in [5.41, 5.74) is 2.98. The van der Waals surface area contributed by atoms with E-state index >= 15 is 0 Å². The van der Waals surface area contributed by atoms with Crippen molar-refractivity contribution >= 4 is 5.91 Å². The van der Waals surface area contributed by atoms with Gasteiger partial charge in [0, 0.05) is 18.7 Å². The second-order valence-corrected chi connectivity index (χ2v) is 6.92. The summed E-state index contributed by atoms with van der Waals surface area (Å²) in [6.07, 6.45) is 0. The third-order valence-electron chi connectivity index (χ3n) is 3.72. The van der Waals surface area contributed by atoms with E-state index in [1.54, 1.807) is 6.07 Å². The number of carbonyl (C=O) groups is 1. The van der Waals surface area contributed by atoms with E-state index in [0.717, 1.165) is 17.9 Å². The Morgan fingerprint density at radius 1 is 1.08 bits per heavy atom. The Morgan fingerprint density at radius 3 is 2.48 bits per heavy atom. The topological polar surface area (TPSA) is 41.6 Å². The van der Waals surface area contributed by atoms with Gasteiger partial charge in [-0.2, -0.15) is 0 Å². The minimum Gasteiger partial charge on any atom is -0.493 e. The van der Waals surface area contributed by atoms with Crippen LogP contribution in [0.15, 0.2) is 48.5 Å². The predicted molar refractivity (Wildman–Crippen MR) is 102 cm³/mol. The second-order valence-electron chi connectivity index (χ2n) is 6.92. The molecule has 0 saturated carbocycles. The standard InChI is InChI=1S/C21H28N2O2/c1-16(2)15-25-20-11-7-10-17(12-20)21(24)22-13-18-8-5-6-9-19(18)14-23(3)4/h5-12,16H,13-15H2,1-4H3,(H,22,24). The van der Waals surface area contributed by atoms with Gasteiger partial charge < -0.3 is 15.0 Å². The molecule has 0 aromatic heterocycles. The van der Waals surface area contributed by atoms with Gasteiger partial charge in [-0.3, -0.25) is 4.79 Å². The maximum Gasteiger partial charge on any atom is 0.251 e. The first-order chi connectivity index (χ1) is 12.0. The Kier molecular flexibility index (Phi) is 7.02. The molecule has 0 fully saturated rings. The third kappa shape index (κ3) is 6.24. The SMILES string of the molecule is CC(C)COc1cccc(C(=O)NCc2ccccc2CN(C)C)c1. The van der Waals surface area contributed by atoms with Crippen molar-refractivity contribution in [2.45, 2.75) is 26.9 Å². The van der Waals surface area contributed by atoms with Crippen LogP contribution in [0.25, 0.3) is 0 Å². The fraction of sp³-hybridized carbons (Fsp3) is 0.381. The fourth-order valence-corrected chi connectivity index (χ4v) is 2.49. The number of rotatable bonds is 8. The van der Waals surface area contributed by atoms with Crippen molar-refractivity contribution in [2.75, 3.05) is 20.7 Å². The van der Waals surface area contributed by atoms with Crippen LogP contribution in [0.5, 0.6) is 5.75 Å². The molecule has 4 heteroatoms. The highest BCUT2D eigenvalue weighted by molar-refractivity contribution is 5.94. The average molecular weight is 340 g/mol. The Morgan fingerprint density at radius 2 is 1.80 bits per heavy atom. The van der Waals surface area contributed by atoms with Gasteiger partial charge in [0.2, 0.25) is 0 Å². The molecule has 0 aliphatic carbocycles. The monoisotopic (exact) mass is 340 g/mol. The number of nitrogens with one attached hydrogen (secondary N) is 1. The number of amides is 1. The number of ether oxygens (including phenoxy) is 1. The van der Waals surface area contributed by atoms with Crippen molar-refractivity contribution in [3.05, 3.63) is 65.2 Å². The first-order valence-corrected chi connectivity index (χ1v) is 8.68. The minimum atomic E-state index is -0.0883. The van der Waals surface area contributed by atoms with Crippen LogP contribution in [0.4, 0.5) is 0 Å². The number of hydrogen-bond donors (Lipinski definition) is 1. The Labute approximate surface area is 150 Å². The van der Waals surface area contributed by atoms with Crippen molar-refractivity contribution in [2.24, 2.45) is 5.92 Å². The maximum atomic E-state index is 12.5.